The molecule has 0 amide bonds. The lowest BCUT2D eigenvalue weighted by Crippen LogP contribution is -2.21. The lowest BCUT2D eigenvalue weighted by molar-refractivity contribution is 0.171. The third-order valence-corrected chi connectivity index (χ3v) is 7.51. The third-order valence-electron chi connectivity index (χ3n) is 6.30. The zero-order valence-corrected chi connectivity index (χ0v) is 20.0. The Kier molecular flexibility index (Phi) is 5.79. The van der Waals surface area contributed by atoms with Gasteiger partial charge in [0.1, 0.15) is 13.2 Å². The van der Waals surface area contributed by atoms with Crippen LogP contribution in [0.3, 0.4) is 0 Å². The lowest BCUT2D eigenvalue weighted by atomic mass is 10.0. The molecule has 0 bridgehead atoms. The van der Waals surface area contributed by atoms with Gasteiger partial charge in [-0.05, 0) is 59.4 Å². The van der Waals surface area contributed by atoms with Gasteiger partial charge < -0.3 is 19.9 Å². The largest absolute Gasteiger partial charge is 0.486 e. The minimum Gasteiger partial charge on any atom is -0.486 e. The van der Waals surface area contributed by atoms with Crippen molar-refractivity contribution < 1.29 is 14.6 Å². The molecule has 0 radical (unpaired) electrons. The summed E-state index contributed by atoms with van der Waals surface area (Å²) >= 11 is 8.32. The fourth-order valence-electron chi connectivity index (χ4n) is 4.57. The number of likely N-dealkylation sites (tertiary alicyclic amines) is 1. The molecule has 1 fully saturated rings. The van der Waals surface area contributed by atoms with E-state index < -0.39 is 0 Å². The van der Waals surface area contributed by atoms with Gasteiger partial charge in [0, 0.05) is 30.6 Å². The van der Waals surface area contributed by atoms with Crippen LogP contribution < -0.4 is 14.8 Å². The van der Waals surface area contributed by atoms with Crippen molar-refractivity contribution in [1.29, 1.82) is 0 Å². The second-order valence-electron chi connectivity index (χ2n) is 8.69. The van der Waals surface area contributed by atoms with E-state index >= 15 is 0 Å². The van der Waals surface area contributed by atoms with E-state index in [9.17, 15) is 5.11 Å². The second-order valence-corrected chi connectivity index (χ2v) is 9.87. The van der Waals surface area contributed by atoms with Gasteiger partial charge >= 0.3 is 0 Å². The molecule has 0 unspecified atom stereocenters. The standard InChI is InChI=1S/C26H24ClN3O3S/c27-25-19(17-5-7-22-23(13-17)33-11-10-32-22)2-1-3-21(25)28-26-20-6-4-16(12-24(20)34-29-26)14-30-9-8-18(31)15-30/h1-7,12-13,18,31H,8-11,14-15H2,(H,28,29)/t18-/m1/s1. The molecule has 3 aromatic carbocycles. The van der Waals surface area contributed by atoms with Crippen LogP contribution in [0.4, 0.5) is 11.5 Å². The summed E-state index contributed by atoms with van der Waals surface area (Å²) < 4.78 is 17.2. The summed E-state index contributed by atoms with van der Waals surface area (Å²) in [6.07, 6.45) is 0.647. The topological polar surface area (TPSA) is 66.9 Å². The summed E-state index contributed by atoms with van der Waals surface area (Å²) in [5.74, 6) is 2.29. The molecule has 8 heteroatoms. The molecule has 6 rings (SSSR count). The first-order chi connectivity index (χ1) is 16.6. The average Bonchev–Trinajstić information content (AvgIpc) is 3.45. The van der Waals surface area contributed by atoms with E-state index in [-0.39, 0.29) is 6.10 Å². The van der Waals surface area contributed by atoms with E-state index in [1.54, 1.807) is 0 Å². The van der Waals surface area contributed by atoms with Gasteiger partial charge in [-0.2, -0.15) is 4.37 Å². The number of hydrogen-bond acceptors (Lipinski definition) is 7. The molecule has 2 aliphatic rings. The zero-order chi connectivity index (χ0) is 23.1. The number of rotatable bonds is 5. The second kappa shape index (κ2) is 9.07. The lowest BCUT2D eigenvalue weighted by Gasteiger charge is -2.19. The number of benzene rings is 3. The van der Waals surface area contributed by atoms with Crippen LogP contribution in [-0.4, -0.2) is 46.8 Å². The van der Waals surface area contributed by atoms with Gasteiger partial charge in [-0.1, -0.05) is 35.9 Å². The minimum atomic E-state index is -0.203. The Hall–Kier alpha value is -2.84. The summed E-state index contributed by atoms with van der Waals surface area (Å²) in [6.45, 7) is 3.64. The maximum atomic E-state index is 9.78. The van der Waals surface area contributed by atoms with Crippen molar-refractivity contribution in [3.63, 3.8) is 0 Å². The molecule has 4 aromatic rings. The van der Waals surface area contributed by atoms with E-state index in [1.165, 1.54) is 17.1 Å². The number of nitrogens with zero attached hydrogens (tertiary/aromatic N) is 2. The fourth-order valence-corrected chi connectivity index (χ4v) is 5.66. The first kappa shape index (κ1) is 21.7. The van der Waals surface area contributed by atoms with Gasteiger partial charge in [-0.25, -0.2) is 0 Å². The average molecular weight is 494 g/mol. The van der Waals surface area contributed by atoms with E-state index in [1.807, 2.05) is 36.4 Å². The number of halogens is 1. The molecule has 0 spiro atoms. The molecule has 34 heavy (non-hydrogen) atoms. The first-order valence-electron chi connectivity index (χ1n) is 11.4. The zero-order valence-electron chi connectivity index (χ0n) is 18.5. The van der Waals surface area contributed by atoms with Crippen LogP contribution in [0.2, 0.25) is 5.02 Å². The molecular weight excluding hydrogens is 470 g/mol. The third kappa shape index (κ3) is 4.20. The highest BCUT2D eigenvalue weighted by atomic mass is 35.5. The molecule has 174 valence electrons. The van der Waals surface area contributed by atoms with Crippen LogP contribution in [0.5, 0.6) is 11.5 Å². The van der Waals surface area contributed by atoms with Crippen LogP contribution in [-0.2, 0) is 6.54 Å². The molecule has 3 heterocycles. The Bertz CT molecular complexity index is 1360. The highest BCUT2D eigenvalue weighted by Gasteiger charge is 2.20. The Morgan fingerprint density at radius 2 is 1.97 bits per heavy atom. The fraction of sp³-hybridized carbons (Fsp3) is 0.269. The van der Waals surface area contributed by atoms with E-state index in [0.717, 1.165) is 70.3 Å². The quantitative estimate of drug-likeness (QED) is 0.372. The summed E-state index contributed by atoms with van der Waals surface area (Å²) in [5.41, 5.74) is 3.92. The highest BCUT2D eigenvalue weighted by molar-refractivity contribution is 7.13. The van der Waals surface area contributed by atoms with Crippen LogP contribution >= 0.6 is 23.1 Å². The van der Waals surface area contributed by atoms with E-state index in [4.69, 9.17) is 21.1 Å². The molecule has 1 saturated heterocycles. The molecular formula is C26H24ClN3O3S. The van der Waals surface area contributed by atoms with Crippen molar-refractivity contribution in [3.05, 3.63) is 65.2 Å². The van der Waals surface area contributed by atoms with Gasteiger partial charge in [0.25, 0.3) is 0 Å². The Morgan fingerprint density at radius 1 is 1.09 bits per heavy atom. The molecule has 2 N–H and O–H groups in total. The van der Waals surface area contributed by atoms with Crippen molar-refractivity contribution in [2.75, 3.05) is 31.6 Å². The Balaban J connectivity index is 1.25. The van der Waals surface area contributed by atoms with Gasteiger partial charge in [0.2, 0.25) is 0 Å². The van der Waals surface area contributed by atoms with Crippen LogP contribution in [0.15, 0.2) is 54.6 Å². The number of β-amino-alcohol motifs (C(OH)–C–C–N with tert-alkyl or cyclic N) is 1. The van der Waals surface area contributed by atoms with Crippen molar-refractivity contribution in [2.24, 2.45) is 0 Å². The molecule has 0 saturated carbocycles. The van der Waals surface area contributed by atoms with Crippen molar-refractivity contribution >= 4 is 44.7 Å². The molecule has 0 aliphatic carbocycles. The molecule has 2 aliphatic heterocycles. The van der Waals surface area contributed by atoms with E-state index in [0.29, 0.717) is 18.2 Å². The van der Waals surface area contributed by atoms with Gasteiger partial charge in [-0.3, -0.25) is 4.90 Å². The Labute approximate surface area is 206 Å². The number of aromatic nitrogens is 1. The SMILES string of the molecule is O[C@@H]1CCN(Cc2ccc3c(Nc4cccc(-c5ccc6c(c5)OCCO6)c4Cl)nsc3c2)C1. The number of aliphatic hydroxyl groups excluding tert-OH is 1. The highest BCUT2D eigenvalue weighted by Crippen LogP contribution is 2.40. The number of fused-ring (bicyclic) bond motifs is 2. The Morgan fingerprint density at radius 3 is 2.82 bits per heavy atom. The maximum absolute atomic E-state index is 9.78. The molecule has 1 aromatic heterocycles. The number of anilines is 2. The van der Waals surface area contributed by atoms with Crippen LogP contribution in [0.1, 0.15) is 12.0 Å². The summed E-state index contributed by atoms with van der Waals surface area (Å²) in [5, 5.41) is 14.9. The monoisotopic (exact) mass is 493 g/mol. The number of ether oxygens (including phenoxy) is 2. The van der Waals surface area contributed by atoms with Crippen molar-refractivity contribution in [2.45, 2.75) is 19.1 Å². The van der Waals surface area contributed by atoms with E-state index in [2.05, 4.69) is 32.8 Å². The predicted molar refractivity (Wildman–Crippen MR) is 137 cm³/mol. The summed E-state index contributed by atoms with van der Waals surface area (Å²) in [4.78, 5) is 2.29. The number of hydrogen-bond donors (Lipinski definition) is 2. The van der Waals surface area contributed by atoms with Gasteiger partial charge in [-0.15, -0.1) is 0 Å². The number of nitrogens with one attached hydrogen (secondary N) is 1. The maximum Gasteiger partial charge on any atom is 0.161 e. The summed E-state index contributed by atoms with van der Waals surface area (Å²) in [7, 11) is 0. The molecule has 1 atom stereocenters. The van der Waals surface area contributed by atoms with Crippen LogP contribution in [0, 0.1) is 0 Å². The first-order valence-corrected chi connectivity index (χ1v) is 12.5. The number of aliphatic hydroxyl groups is 1. The van der Waals surface area contributed by atoms with Crippen molar-refractivity contribution in [1.82, 2.24) is 9.27 Å². The molecule has 6 nitrogen and oxygen atoms in total. The van der Waals surface area contributed by atoms with Crippen LogP contribution in [0.25, 0.3) is 21.2 Å². The van der Waals surface area contributed by atoms with Crippen molar-refractivity contribution in [3.8, 4) is 22.6 Å². The predicted octanol–water partition coefficient (Wildman–Crippen LogP) is 5.70. The van der Waals surface area contributed by atoms with Gasteiger partial charge in [0.05, 0.1) is 21.5 Å². The van der Waals surface area contributed by atoms with Gasteiger partial charge in [0.15, 0.2) is 17.3 Å². The summed E-state index contributed by atoms with van der Waals surface area (Å²) in [6, 6.07) is 18.3. The smallest absolute Gasteiger partial charge is 0.161 e. The normalized spacial score (nSPS) is 17.9. The minimum absolute atomic E-state index is 0.203.